The van der Waals surface area contributed by atoms with Gasteiger partial charge in [0, 0.05) is 19.0 Å². The number of ether oxygens (including phenoxy) is 1. The number of nitrogens with zero attached hydrogens (tertiary/aromatic N) is 1. The maximum absolute atomic E-state index is 12.6. The summed E-state index contributed by atoms with van der Waals surface area (Å²) in [5, 5.41) is 2.91. The van der Waals surface area contributed by atoms with Gasteiger partial charge < -0.3 is 15.8 Å². The van der Waals surface area contributed by atoms with E-state index >= 15 is 0 Å². The SMILES string of the molecule is CCOC(=O)c1c(NC(=O)C2CCN(S(C)(=O)=O)CC2)sc(C(N)=O)c1C. The van der Waals surface area contributed by atoms with E-state index in [2.05, 4.69) is 5.32 Å². The van der Waals surface area contributed by atoms with Gasteiger partial charge in [-0.15, -0.1) is 11.3 Å². The smallest absolute Gasteiger partial charge is 0.341 e. The first kappa shape index (κ1) is 21.3. The molecule has 0 radical (unpaired) electrons. The lowest BCUT2D eigenvalue weighted by Crippen LogP contribution is -2.40. The van der Waals surface area contributed by atoms with Crippen LogP contribution in [0.25, 0.3) is 0 Å². The van der Waals surface area contributed by atoms with E-state index in [4.69, 9.17) is 10.5 Å². The summed E-state index contributed by atoms with van der Waals surface area (Å²) >= 11 is 0.932. The van der Waals surface area contributed by atoms with Crippen LogP contribution in [0.4, 0.5) is 5.00 Å². The van der Waals surface area contributed by atoms with Gasteiger partial charge >= 0.3 is 5.97 Å². The molecule has 0 bridgehead atoms. The third-order valence-electron chi connectivity index (χ3n) is 4.38. The second-order valence-corrected chi connectivity index (χ2v) is 9.27. The summed E-state index contributed by atoms with van der Waals surface area (Å²) < 4.78 is 29.5. The van der Waals surface area contributed by atoms with E-state index in [0.717, 1.165) is 17.6 Å². The lowest BCUT2D eigenvalue weighted by molar-refractivity contribution is -0.120. The Labute approximate surface area is 161 Å². The lowest BCUT2D eigenvalue weighted by Gasteiger charge is -2.29. The quantitative estimate of drug-likeness (QED) is 0.661. The number of hydrogen-bond donors (Lipinski definition) is 2. The molecule has 2 amide bonds. The van der Waals surface area contributed by atoms with Crippen LogP contribution >= 0.6 is 11.3 Å². The first-order chi connectivity index (χ1) is 12.6. The van der Waals surface area contributed by atoms with Crippen molar-refractivity contribution in [2.24, 2.45) is 11.7 Å². The standard InChI is InChI=1S/C16H23N3O6S2/c1-4-25-16(22)11-9(2)12(13(17)20)26-15(11)18-14(21)10-5-7-19(8-6-10)27(3,23)24/h10H,4-8H2,1-3H3,(H2,17,20)(H,18,21). The predicted molar refractivity (Wildman–Crippen MR) is 101 cm³/mol. The first-order valence-corrected chi connectivity index (χ1v) is 11.1. The van der Waals surface area contributed by atoms with Crippen molar-refractivity contribution in [3.63, 3.8) is 0 Å². The van der Waals surface area contributed by atoms with Gasteiger partial charge in [-0.05, 0) is 32.3 Å². The van der Waals surface area contributed by atoms with Gasteiger partial charge in [-0.25, -0.2) is 17.5 Å². The normalized spacial score (nSPS) is 16.1. The minimum absolute atomic E-state index is 0.123. The van der Waals surface area contributed by atoms with Gasteiger partial charge in [0.1, 0.15) is 5.00 Å². The number of amides is 2. The lowest BCUT2D eigenvalue weighted by atomic mass is 9.97. The molecule has 27 heavy (non-hydrogen) atoms. The van der Waals surface area contributed by atoms with E-state index in [1.165, 1.54) is 4.31 Å². The number of sulfonamides is 1. The maximum Gasteiger partial charge on any atom is 0.341 e. The topological polar surface area (TPSA) is 136 Å². The minimum atomic E-state index is -3.28. The monoisotopic (exact) mass is 417 g/mol. The summed E-state index contributed by atoms with van der Waals surface area (Å²) in [5.74, 6) is -2.05. The average Bonchev–Trinajstić information content (AvgIpc) is 2.90. The van der Waals surface area contributed by atoms with Crippen molar-refractivity contribution in [3.8, 4) is 0 Å². The van der Waals surface area contributed by atoms with Crippen molar-refractivity contribution in [1.29, 1.82) is 0 Å². The van der Waals surface area contributed by atoms with E-state index in [-0.39, 0.29) is 41.0 Å². The molecule has 0 atom stereocenters. The number of carbonyl (C=O) groups excluding carboxylic acids is 3. The Balaban J connectivity index is 2.19. The van der Waals surface area contributed by atoms with Gasteiger partial charge in [0.05, 0.1) is 23.3 Å². The summed E-state index contributed by atoms with van der Waals surface area (Å²) in [5.41, 5.74) is 5.84. The molecular weight excluding hydrogens is 394 g/mol. The van der Waals surface area contributed by atoms with Crippen LogP contribution in [0.5, 0.6) is 0 Å². The van der Waals surface area contributed by atoms with Crippen molar-refractivity contribution in [1.82, 2.24) is 4.31 Å². The molecule has 150 valence electrons. The van der Waals surface area contributed by atoms with E-state index in [9.17, 15) is 22.8 Å². The molecule has 1 aromatic heterocycles. The Morgan fingerprint density at radius 1 is 1.30 bits per heavy atom. The summed E-state index contributed by atoms with van der Waals surface area (Å²) in [4.78, 5) is 36.6. The van der Waals surface area contributed by atoms with Crippen molar-refractivity contribution >= 4 is 44.1 Å². The average molecular weight is 418 g/mol. The molecule has 9 nitrogen and oxygen atoms in total. The molecule has 0 saturated carbocycles. The molecule has 0 aliphatic carbocycles. The molecule has 1 aliphatic heterocycles. The third-order valence-corrected chi connectivity index (χ3v) is 6.91. The fourth-order valence-corrected chi connectivity index (χ4v) is 4.87. The highest BCUT2D eigenvalue weighted by Gasteiger charge is 2.31. The second-order valence-electron chi connectivity index (χ2n) is 6.27. The molecule has 1 fully saturated rings. The highest BCUT2D eigenvalue weighted by Crippen LogP contribution is 2.34. The molecule has 1 aromatic rings. The first-order valence-electron chi connectivity index (χ1n) is 8.42. The third kappa shape index (κ3) is 4.85. The summed E-state index contributed by atoms with van der Waals surface area (Å²) in [6.45, 7) is 3.90. The highest BCUT2D eigenvalue weighted by molar-refractivity contribution is 7.88. The molecule has 11 heteroatoms. The number of esters is 1. The number of carbonyl (C=O) groups is 3. The maximum atomic E-state index is 12.6. The Bertz CT molecular complexity index is 854. The second kappa shape index (κ2) is 8.36. The molecule has 0 unspecified atom stereocenters. The van der Waals surface area contributed by atoms with Gasteiger partial charge in [0.25, 0.3) is 5.91 Å². The molecule has 2 heterocycles. The number of nitrogens with two attached hydrogens (primary N) is 1. The molecule has 0 spiro atoms. The van der Waals surface area contributed by atoms with Crippen molar-refractivity contribution in [2.45, 2.75) is 26.7 Å². The van der Waals surface area contributed by atoms with Crippen LogP contribution in [0, 0.1) is 12.8 Å². The van der Waals surface area contributed by atoms with Gasteiger partial charge in [-0.3, -0.25) is 9.59 Å². The summed E-state index contributed by atoms with van der Waals surface area (Å²) in [7, 11) is -3.28. The van der Waals surface area contributed by atoms with Crippen LogP contribution in [-0.4, -0.2) is 56.5 Å². The zero-order chi connectivity index (χ0) is 20.4. The number of hydrogen-bond acceptors (Lipinski definition) is 7. The van der Waals surface area contributed by atoms with Crippen molar-refractivity contribution < 1.29 is 27.5 Å². The molecule has 1 saturated heterocycles. The van der Waals surface area contributed by atoms with Crippen LogP contribution in [0.1, 0.15) is 45.4 Å². The Morgan fingerprint density at radius 3 is 2.37 bits per heavy atom. The number of primary amides is 1. The summed E-state index contributed by atoms with van der Waals surface area (Å²) in [6.07, 6.45) is 1.89. The Hall–Kier alpha value is -1.98. The van der Waals surface area contributed by atoms with Gasteiger partial charge in [0.2, 0.25) is 15.9 Å². The highest BCUT2D eigenvalue weighted by atomic mass is 32.2. The zero-order valence-corrected chi connectivity index (χ0v) is 17.0. The fourth-order valence-electron chi connectivity index (χ4n) is 2.95. The van der Waals surface area contributed by atoms with E-state index in [1.54, 1.807) is 13.8 Å². The molecule has 0 aromatic carbocycles. The molecule has 1 aliphatic rings. The van der Waals surface area contributed by atoms with E-state index in [0.29, 0.717) is 18.4 Å². The van der Waals surface area contributed by atoms with Crippen molar-refractivity contribution in [2.75, 3.05) is 31.3 Å². The fraction of sp³-hybridized carbons (Fsp3) is 0.562. The van der Waals surface area contributed by atoms with Gasteiger partial charge in [-0.2, -0.15) is 0 Å². The molecule has 3 N–H and O–H groups in total. The minimum Gasteiger partial charge on any atom is -0.462 e. The zero-order valence-electron chi connectivity index (χ0n) is 15.4. The number of thiophene rings is 1. The molecule has 2 rings (SSSR count). The number of anilines is 1. The van der Waals surface area contributed by atoms with E-state index < -0.39 is 27.8 Å². The Kier molecular flexibility index (Phi) is 6.60. The predicted octanol–water partition coefficient (Wildman–Crippen LogP) is 0.942. The van der Waals surface area contributed by atoms with Crippen LogP contribution in [-0.2, 0) is 19.6 Å². The van der Waals surface area contributed by atoms with Crippen LogP contribution in [0.15, 0.2) is 0 Å². The van der Waals surface area contributed by atoms with Crippen LogP contribution in [0.2, 0.25) is 0 Å². The largest absolute Gasteiger partial charge is 0.462 e. The van der Waals surface area contributed by atoms with Crippen LogP contribution < -0.4 is 11.1 Å². The molecular formula is C16H23N3O6S2. The van der Waals surface area contributed by atoms with Crippen LogP contribution in [0.3, 0.4) is 0 Å². The van der Waals surface area contributed by atoms with E-state index in [1.807, 2.05) is 0 Å². The number of rotatable bonds is 6. The number of nitrogens with one attached hydrogen (secondary N) is 1. The summed E-state index contributed by atoms with van der Waals surface area (Å²) in [6, 6.07) is 0. The number of piperidine rings is 1. The Morgan fingerprint density at radius 2 is 1.89 bits per heavy atom. The van der Waals surface area contributed by atoms with Gasteiger partial charge in [-0.1, -0.05) is 0 Å². The van der Waals surface area contributed by atoms with Crippen molar-refractivity contribution in [3.05, 3.63) is 16.0 Å². The van der Waals surface area contributed by atoms with Gasteiger partial charge in [0.15, 0.2) is 0 Å².